The Morgan fingerprint density at radius 3 is 2.78 bits per heavy atom. The van der Waals surface area contributed by atoms with Crippen molar-refractivity contribution in [1.82, 2.24) is 0 Å². The second kappa shape index (κ2) is 5.49. The van der Waals surface area contributed by atoms with Gasteiger partial charge in [0.15, 0.2) is 0 Å². The first-order valence-electron chi connectivity index (χ1n) is 6.05. The summed E-state index contributed by atoms with van der Waals surface area (Å²) >= 11 is 3.34. The largest absolute Gasteiger partial charge is 0.378 e. The first-order chi connectivity index (χ1) is 8.54. The first-order valence-corrected chi connectivity index (χ1v) is 6.85. The first kappa shape index (κ1) is 13.7. The van der Waals surface area contributed by atoms with Gasteiger partial charge in [0.1, 0.15) is 11.6 Å². The van der Waals surface area contributed by atoms with Crippen LogP contribution in [0.5, 0.6) is 0 Å². The van der Waals surface area contributed by atoms with Crippen LogP contribution in [0.25, 0.3) is 0 Å². The number of benzene rings is 1. The molecule has 4 heteroatoms. The number of Topliss-reactive ketones (excluding diaryl/α,β-unsaturated/α-hetero) is 1. The van der Waals surface area contributed by atoms with Crippen LogP contribution < -0.4 is 0 Å². The van der Waals surface area contributed by atoms with Gasteiger partial charge in [0.2, 0.25) is 0 Å². The summed E-state index contributed by atoms with van der Waals surface area (Å²) in [6, 6.07) is 4.41. The van der Waals surface area contributed by atoms with Gasteiger partial charge >= 0.3 is 0 Å². The van der Waals surface area contributed by atoms with E-state index in [1.807, 2.05) is 0 Å². The molecule has 0 bridgehead atoms. The standard InChI is InChI=1S/C14H16BrFO2/c1-18-14(5-2-6-14)9-12(17)8-10-7-11(16)3-4-13(10)15/h3-4,7H,2,5-6,8-9H2,1H3. The van der Waals surface area contributed by atoms with Crippen molar-refractivity contribution >= 4 is 21.7 Å². The van der Waals surface area contributed by atoms with Crippen LogP contribution in [-0.4, -0.2) is 18.5 Å². The van der Waals surface area contributed by atoms with Gasteiger partial charge in [-0.05, 0) is 43.0 Å². The van der Waals surface area contributed by atoms with E-state index in [-0.39, 0.29) is 23.6 Å². The summed E-state index contributed by atoms with van der Waals surface area (Å²) < 4.78 is 19.3. The maximum atomic E-state index is 13.1. The molecular formula is C14H16BrFO2. The normalized spacial score (nSPS) is 17.3. The van der Waals surface area contributed by atoms with Crippen molar-refractivity contribution in [3.8, 4) is 0 Å². The van der Waals surface area contributed by atoms with E-state index in [2.05, 4.69) is 15.9 Å². The molecule has 0 aromatic heterocycles. The summed E-state index contributed by atoms with van der Waals surface area (Å²) in [5.41, 5.74) is 0.447. The van der Waals surface area contributed by atoms with Crippen LogP contribution in [0, 0.1) is 5.82 Å². The summed E-state index contributed by atoms with van der Waals surface area (Å²) in [4.78, 5) is 12.0. The molecule has 0 spiro atoms. The second-order valence-electron chi connectivity index (χ2n) is 4.87. The van der Waals surface area contributed by atoms with Crippen molar-refractivity contribution in [2.24, 2.45) is 0 Å². The van der Waals surface area contributed by atoms with E-state index in [0.29, 0.717) is 12.0 Å². The quantitative estimate of drug-likeness (QED) is 0.829. The van der Waals surface area contributed by atoms with Crippen LogP contribution in [0.2, 0.25) is 0 Å². The van der Waals surface area contributed by atoms with Gasteiger partial charge in [-0.3, -0.25) is 4.79 Å². The number of carbonyl (C=O) groups excluding carboxylic acids is 1. The fourth-order valence-corrected chi connectivity index (χ4v) is 2.72. The maximum absolute atomic E-state index is 13.1. The van der Waals surface area contributed by atoms with Gasteiger partial charge in [0, 0.05) is 24.4 Å². The lowest BCUT2D eigenvalue weighted by molar-refractivity contribution is -0.131. The summed E-state index contributed by atoms with van der Waals surface area (Å²) in [6.07, 6.45) is 3.68. The number of hydrogen-bond donors (Lipinski definition) is 0. The fourth-order valence-electron chi connectivity index (χ4n) is 2.34. The lowest BCUT2D eigenvalue weighted by atomic mass is 9.76. The molecular weight excluding hydrogens is 299 g/mol. The Labute approximate surface area is 115 Å². The molecule has 1 fully saturated rings. The van der Waals surface area contributed by atoms with Crippen LogP contribution in [-0.2, 0) is 16.0 Å². The smallest absolute Gasteiger partial charge is 0.140 e. The molecule has 0 aliphatic heterocycles. The molecule has 1 aromatic rings. The highest BCUT2D eigenvalue weighted by atomic mass is 79.9. The second-order valence-corrected chi connectivity index (χ2v) is 5.72. The van der Waals surface area contributed by atoms with E-state index in [0.717, 1.165) is 23.7 Å². The molecule has 0 radical (unpaired) electrons. The number of ether oxygens (including phenoxy) is 1. The van der Waals surface area contributed by atoms with Crippen molar-refractivity contribution in [1.29, 1.82) is 0 Å². The Morgan fingerprint density at radius 2 is 2.22 bits per heavy atom. The number of ketones is 1. The predicted octanol–water partition coefficient (Wildman–Crippen LogP) is 3.66. The molecule has 0 saturated heterocycles. The van der Waals surface area contributed by atoms with E-state index >= 15 is 0 Å². The van der Waals surface area contributed by atoms with E-state index in [9.17, 15) is 9.18 Å². The highest BCUT2D eigenvalue weighted by molar-refractivity contribution is 9.10. The topological polar surface area (TPSA) is 26.3 Å². The molecule has 0 N–H and O–H groups in total. The molecule has 1 saturated carbocycles. The molecule has 2 nitrogen and oxygen atoms in total. The van der Waals surface area contributed by atoms with Crippen molar-refractivity contribution in [2.75, 3.05) is 7.11 Å². The Morgan fingerprint density at radius 1 is 1.50 bits per heavy atom. The molecule has 0 atom stereocenters. The third kappa shape index (κ3) is 2.98. The molecule has 2 rings (SSSR count). The molecule has 1 aliphatic carbocycles. The third-order valence-electron chi connectivity index (χ3n) is 3.61. The van der Waals surface area contributed by atoms with Crippen LogP contribution in [0.4, 0.5) is 4.39 Å². The number of methoxy groups -OCH3 is 1. The van der Waals surface area contributed by atoms with Crippen molar-refractivity contribution in [3.63, 3.8) is 0 Å². The monoisotopic (exact) mass is 314 g/mol. The zero-order chi connectivity index (χ0) is 13.2. The average Bonchev–Trinajstić information content (AvgIpc) is 2.28. The highest BCUT2D eigenvalue weighted by Crippen LogP contribution is 2.38. The molecule has 0 unspecified atom stereocenters. The number of hydrogen-bond acceptors (Lipinski definition) is 2. The summed E-state index contributed by atoms with van der Waals surface area (Å²) in [6.45, 7) is 0. The summed E-state index contributed by atoms with van der Waals surface area (Å²) in [5, 5.41) is 0. The zero-order valence-electron chi connectivity index (χ0n) is 10.3. The molecule has 0 heterocycles. The van der Waals surface area contributed by atoms with Gasteiger partial charge in [-0.2, -0.15) is 0 Å². The Kier molecular flexibility index (Phi) is 4.17. The molecule has 0 amide bonds. The number of halogens is 2. The van der Waals surface area contributed by atoms with E-state index in [1.165, 1.54) is 12.1 Å². The van der Waals surface area contributed by atoms with E-state index < -0.39 is 0 Å². The van der Waals surface area contributed by atoms with Crippen molar-refractivity contribution in [3.05, 3.63) is 34.1 Å². The van der Waals surface area contributed by atoms with Gasteiger partial charge in [-0.25, -0.2) is 4.39 Å². The maximum Gasteiger partial charge on any atom is 0.140 e. The number of rotatable bonds is 5. The predicted molar refractivity (Wildman–Crippen MR) is 71.0 cm³/mol. The molecule has 98 valence electrons. The Bertz CT molecular complexity index is 450. The molecule has 1 aliphatic rings. The minimum absolute atomic E-state index is 0.0999. The van der Waals surface area contributed by atoms with Gasteiger partial charge in [-0.1, -0.05) is 15.9 Å². The molecule has 1 aromatic carbocycles. The lowest BCUT2D eigenvalue weighted by Crippen LogP contribution is -2.41. The molecule has 18 heavy (non-hydrogen) atoms. The lowest BCUT2D eigenvalue weighted by Gasteiger charge is -2.40. The van der Waals surface area contributed by atoms with Crippen LogP contribution >= 0.6 is 15.9 Å². The Hall–Kier alpha value is -0.740. The summed E-state index contributed by atoms with van der Waals surface area (Å²) in [7, 11) is 1.66. The van der Waals surface area contributed by atoms with Crippen LogP contribution in [0.15, 0.2) is 22.7 Å². The van der Waals surface area contributed by atoms with Crippen molar-refractivity contribution in [2.45, 2.75) is 37.7 Å². The highest BCUT2D eigenvalue weighted by Gasteiger charge is 2.38. The average molecular weight is 315 g/mol. The zero-order valence-corrected chi connectivity index (χ0v) is 11.9. The van der Waals surface area contributed by atoms with Gasteiger partial charge in [0.05, 0.1) is 5.60 Å². The van der Waals surface area contributed by atoms with Gasteiger partial charge < -0.3 is 4.74 Å². The van der Waals surface area contributed by atoms with Gasteiger partial charge in [-0.15, -0.1) is 0 Å². The van der Waals surface area contributed by atoms with Crippen molar-refractivity contribution < 1.29 is 13.9 Å². The van der Waals surface area contributed by atoms with E-state index in [4.69, 9.17) is 4.74 Å². The minimum Gasteiger partial charge on any atom is -0.378 e. The van der Waals surface area contributed by atoms with Crippen LogP contribution in [0.1, 0.15) is 31.2 Å². The number of carbonyl (C=O) groups is 1. The van der Waals surface area contributed by atoms with Crippen LogP contribution in [0.3, 0.4) is 0 Å². The third-order valence-corrected chi connectivity index (χ3v) is 4.39. The fraction of sp³-hybridized carbons (Fsp3) is 0.500. The SMILES string of the molecule is COC1(CC(=O)Cc2cc(F)ccc2Br)CCC1. The summed E-state index contributed by atoms with van der Waals surface area (Å²) in [5.74, 6) is -0.214. The Balaban J connectivity index is 2.00. The van der Waals surface area contributed by atoms with E-state index in [1.54, 1.807) is 13.2 Å². The minimum atomic E-state index is -0.314. The van der Waals surface area contributed by atoms with Gasteiger partial charge in [0.25, 0.3) is 0 Å².